The number of aromatic nitrogens is 3. The third kappa shape index (κ3) is 4.14. The zero-order valence-electron chi connectivity index (χ0n) is 16.5. The average Bonchev–Trinajstić information content (AvgIpc) is 3.37. The molecule has 0 aliphatic rings. The quantitative estimate of drug-likeness (QED) is 0.392. The van der Waals surface area contributed by atoms with Gasteiger partial charge in [-0.05, 0) is 38.1 Å². The van der Waals surface area contributed by atoms with Crippen molar-refractivity contribution in [2.45, 2.75) is 18.7 Å². The van der Waals surface area contributed by atoms with Crippen LogP contribution in [0.25, 0.3) is 20.7 Å². The summed E-state index contributed by atoms with van der Waals surface area (Å²) in [5.74, 6) is -0.658. The highest BCUT2D eigenvalue weighted by atomic mass is 35.5. The van der Waals surface area contributed by atoms with Crippen molar-refractivity contribution in [2.75, 3.05) is 11.3 Å². The highest BCUT2D eigenvalue weighted by Gasteiger charge is 2.26. The summed E-state index contributed by atoms with van der Waals surface area (Å²) in [6.45, 7) is 3.46. The molecule has 4 rings (SSSR count). The second-order valence-corrected chi connectivity index (χ2v) is 9.70. The lowest BCUT2D eigenvalue weighted by molar-refractivity contribution is 0.0526. The number of ether oxygens (including phenoxy) is 1. The lowest BCUT2D eigenvalue weighted by Gasteiger charge is -2.15. The molecule has 0 atom stereocenters. The van der Waals surface area contributed by atoms with Crippen molar-refractivity contribution in [3.05, 3.63) is 59.0 Å². The molecule has 0 fully saturated rings. The van der Waals surface area contributed by atoms with Crippen molar-refractivity contribution in [3.8, 4) is 10.4 Å². The minimum atomic E-state index is -4.04. The van der Waals surface area contributed by atoms with E-state index in [0.717, 1.165) is 10.4 Å². The predicted molar refractivity (Wildman–Crippen MR) is 120 cm³/mol. The van der Waals surface area contributed by atoms with E-state index in [0.29, 0.717) is 15.9 Å². The van der Waals surface area contributed by atoms with Gasteiger partial charge in [-0.25, -0.2) is 18.2 Å². The first-order valence-electron chi connectivity index (χ1n) is 9.19. The molecule has 3 aromatic heterocycles. The number of fused-ring (bicyclic) bond motifs is 1. The summed E-state index contributed by atoms with van der Waals surface area (Å²) in [6, 6.07) is 7.65. The molecule has 0 bridgehead atoms. The Morgan fingerprint density at radius 1 is 1.32 bits per heavy atom. The van der Waals surface area contributed by atoms with Gasteiger partial charge in [-0.15, -0.1) is 11.3 Å². The van der Waals surface area contributed by atoms with E-state index >= 15 is 0 Å². The number of aromatic amines is 1. The van der Waals surface area contributed by atoms with Crippen molar-refractivity contribution in [1.29, 1.82) is 0 Å². The van der Waals surface area contributed by atoms with Crippen molar-refractivity contribution >= 4 is 54.8 Å². The number of anilines is 1. The first-order chi connectivity index (χ1) is 14.8. The number of benzene rings is 1. The summed E-state index contributed by atoms with van der Waals surface area (Å²) < 4.78 is 34.0. The number of carbonyl (C=O) groups is 1. The molecule has 2 N–H and O–H groups in total. The number of rotatable bonds is 6. The summed E-state index contributed by atoms with van der Waals surface area (Å²) in [5.41, 5.74) is 1.36. The van der Waals surface area contributed by atoms with Gasteiger partial charge in [0, 0.05) is 27.0 Å². The zero-order valence-corrected chi connectivity index (χ0v) is 18.9. The van der Waals surface area contributed by atoms with E-state index in [2.05, 4.69) is 19.9 Å². The minimum absolute atomic E-state index is 0.0253. The number of hydrogen-bond donors (Lipinski definition) is 2. The topological polar surface area (TPSA) is 114 Å². The van der Waals surface area contributed by atoms with Crippen LogP contribution in [0.2, 0.25) is 5.02 Å². The molecule has 4 aromatic rings. The molecular formula is C20H17ClN4O4S2. The molecule has 3 heterocycles. The number of thiophene rings is 1. The molecule has 0 saturated carbocycles. The van der Waals surface area contributed by atoms with Gasteiger partial charge in [0.25, 0.3) is 10.0 Å². The fraction of sp³-hybridized carbons (Fsp3) is 0.150. The summed E-state index contributed by atoms with van der Waals surface area (Å²) in [7, 11) is -4.04. The second-order valence-electron chi connectivity index (χ2n) is 6.55. The Bertz CT molecular complexity index is 1380. The number of pyridine rings is 1. The second kappa shape index (κ2) is 8.29. The van der Waals surface area contributed by atoms with Gasteiger partial charge in [-0.3, -0.25) is 9.82 Å². The fourth-order valence-corrected chi connectivity index (χ4v) is 5.54. The number of esters is 1. The fourth-order valence-electron chi connectivity index (χ4n) is 3.08. The first-order valence-corrected chi connectivity index (χ1v) is 11.9. The Morgan fingerprint density at radius 2 is 2.13 bits per heavy atom. The predicted octanol–water partition coefficient (Wildman–Crippen LogP) is 4.63. The Balaban J connectivity index is 1.93. The van der Waals surface area contributed by atoms with Gasteiger partial charge in [-0.2, -0.15) is 5.10 Å². The summed E-state index contributed by atoms with van der Waals surface area (Å²) in [5, 5.41) is 7.46. The Labute approximate surface area is 187 Å². The van der Waals surface area contributed by atoms with Gasteiger partial charge in [0.15, 0.2) is 0 Å². The lowest BCUT2D eigenvalue weighted by atomic mass is 10.1. The van der Waals surface area contributed by atoms with E-state index in [9.17, 15) is 13.2 Å². The van der Waals surface area contributed by atoms with Crippen LogP contribution in [-0.4, -0.2) is 36.2 Å². The molecule has 11 heteroatoms. The van der Waals surface area contributed by atoms with E-state index in [1.807, 2.05) is 0 Å². The standard InChI is InChI=1S/C20H17ClN4O4S2/c1-3-29-20(26)17-11(2)24-19-15(8-16(30-19)12-9-22-23-10-12)18(17)25-31(27,28)14-6-4-5-13(21)7-14/h4-10H,3H2,1-2H3,(H,22,23)(H,24,25). The Morgan fingerprint density at radius 3 is 2.81 bits per heavy atom. The van der Waals surface area contributed by atoms with E-state index in [-0.39, 0.29) is 27.8 Å². The monoisotopic (exact) mass is 476 g/mol. The van der Waals surface area contributed by atoms with Gasteiger partial charge in [0.1, 0.15) is 10.4 Å². The molecule has 1 aromatic carbocycles. The van der Waals surface area contributed by atoms with E-state index < -0.39 is 16.0 Å². The SMILES string of the molecule is CCOC(=O)c1c(C)nc2sc(-c3cn[nH]c3)cc2c1NS(=O)(=O)c1cccc(Cl)c1. The van der Waals surface area contributed by atoms with Crippen molar-refractivity contribution < 1.29 is 17.9 Å². The first kappa shape index (κ1) is 21.3. The van der Waals surface area contributed by atoms with Gasteiger partial charge in [0.05, 0.1) is 29.1 Å². The molecule has 0 aliphatic heterocycles. The summed E-state index contributed by atoms with van der Waals surface area (Å²) in [4.78, 5) is 18.6. The number of carbonyl (C=O) groups excluding carboxylic acids is 1. The Kier molecular flexibility index (Phi) is 5.69. The maximum atomic E-state index is 13.1. The normalized spacial score (nSPS) is 11.6. The number of hydrogen-bond acceptors (Lipinski definition) is 7. The minimum Gasteiger partial charge on any atom is -0.462 e. The molecular weight excluding hydrogens is 460 g/mol. The van der Waals surface area contributed by atoms with Crippen molar-refractivity contribution in [2.24, 2.45) is 0 Å². The molecule has 0 unspecified atom stereocenters. The van der Waals surface area contributed by atoms with Crippen LogP contribution in [0.5, 0.6) is 0 Å². The Hall–Kier alpha value is -2.95. The summed E-state index contributed by atoms with van der Waals surface area (Å²) >= 11 is 7.34. The highest BCUT2D eigenvalue weighted by molar-refractivity contribution is 7.92. The molecule has 160 valence electrons. The molecule has 0 amide bonds. The van der Waals surface area contributed by atoms with Crippen LogP contribution in [0, 0.1) is 6.92 Å². The summed E-state index contributed by atoms with van der Waals surface area (Å²) in [6.07, 6.45) is 3.37. The van der Waals surface area contributed by atoms with E-state index in [1.54, 1.807) is 38.4 Å². The van der Waals surface area contributed by atoms with Crippen LogP contribution >= 0.6 is 22.9 Å². The smallest absolute Gasteiger partial charge is 0.342 e. The van der Waals surface area contributed by atoms with Crippen LogP contribution in [0.4, 0.5) is 5.69 Å². The van der Waals surface area contributed by atoms with Crippen molar-refractivity contribution in [3.63, 3.8) is 0 Å². The molecule has 0 spiro atoms. The van der Waals surface area contributed by atoms with Crippen LogP contribution in [0.1, 0.15) is 23.0 Å². The zero-order chi connectivity index (χ0) is 22.2. The maximum Gasteiger partial charge on any atom is 0.342 e. The largest absolute Gasteiger partial charge is 0.462 e. The lowest BCUT2D eigenvalue weighted by Crippen LogP contribution is -2.18. The average molecular weight is 477 g/mol. The van der Waals surface area contributed by atoms with Gasteiger partial charge in [-0.1, -0.05) is 17.7 Å². The highest BCUT2D eigenvalue weighted by Crippen LogP contribution is 2.39. The number of aryl methyl sites for hydroxylation is 1. The van der Waals surface area contributed by atoms with Crippen molar-refractivity contribution in [1.82, 2.24) is 15.2 Å². The molecule has 31 heavy (non-hydrogen) atoms. The molecule has 8 nitrogen and oxygen atoms in total. The van der Waals surface area contributed by atoms with Crippen LogP contribution in [0.3, 0.4) is 0 Å². The van der Waals surface area contributed by atoms with Gasteiger partial charge < -0.3 is 4.74 Å². The van der Waals surface area contributed by atoms with E-state index in [1.165, 1.54) is 29.5 Å². The third-order valence-corrected chi connectivity index (χ3v) is 7.13. The molecule has 0 aliphatic carbocycles. The maximum absolute atomic E-state index is 13.1. The number of halogens is 1. The van der Waals surface area contributed by atoms with Gasteiger partial charge in [0.2, 0.25) is 0 Å². The number of nitrogens with zero attached hydrogens (tertiary/aromatic N) is 2. The number of nitrogens with one attached hydrogen (secondary N) is 2. The number of H-pyrrole nitrogens is 1. The van der Waals surface area contributed by atoms with Crippen LogP contribution < -0.4 is 4.72 Å². The van der Waals surface area contributed by atoms with Gasteiger partial charge >= 0.3 is 5.97 Å². The van der Waals surface area contributed by atoms with Crippen LogP contribution in [-0.2, 0) is 14.8 Å². The van der Waals surface area contributed by atoms with Crippen LogP contribution in [0.15, 0.2) is 47.6 Å². The third-order valence-electron chi connectivity index (χ3n) is 4.47. The number of sulfonamides is 1. The van der Waals surface area contributed by atoms with E-state index in [4.69, 9.17) is 16.3 Å². The molecule has 0 radical (unpaired) electrons. The molecule has 0 saturated heterocycles.